The van der Waals surface area contributed by atoms with E-state index in [1.807, 2.05) is 18.2 Å². The van der Waals surface area contributed by atoms with Gasteiger partial charge in [-0.15, -0.1) is 0 Å². The molecule has 0 bridgehead atoms. The van der Waals surface area contributed by atoms with Crippen molar-refractivity contribution >= 4 is 29.0 Å². The number of nitrogens with zero attached hydrogens (tertiary/aromatic N) is 4. The average molecular weight is 394 g/mol. The summed E-state index contributed by atoms with van der Waals surface area (Å²) in [6.45, 7) is 0.464. The van der Waals surface area contributed by atoms with Gasteiger partial charge in [-0.05, 0) is 23.7 Å². The maximum absolute atomic E-state index is 6.21. The maximum atomic E-state index is 6.21. The van der Waals surface area contributed by atoms with Crippen LogP contribution in [0.1, 0.15) is 5.56 Å². The van der Waals surface area contributed by atoms with Crippen molar-refractivity contribution < 1.29 is 9.47 Å². The highest BCUT2D eigenvalue weighted by molar-refractivity contribution is 6.32. The van der Waals surface area contributed by atoms with Crippen molar-refractivity contribution in [1.29, 1.82) is 0 Å². The molecule has 7 nitrogen and oxygen atoms in total. The van der Waals surface area contributed by atoms with Crippen LogP contribution in [0.3, 0.4) is 0 Å². The molecule has 0 amide bonds. The molecule has 0 aliphatic rings. The number of hydrogen-bond donors (Lipinski definition) is 1. The summed E-state index contributed by atoms with van der Waals surface area (Å²) in [5.74, 6) is 1.98. The zero-order valence-electron chi connectivity index (χ0n) is 14.5. The molecular formula is C17H17Cl2N5O2. The monoisotopic (exact) mass is 393 g/mol. The van der Waals surface area contributed by atoms with E-state index in [9.17, 15) is 0 Å². The lowest BCUT2D eigenvalue weighted by Crippen LogP contribution is -2.05. The smallest absolute Gasteiger partial charge is 0.224 e. The van der Waals surface area contributed by atoms with Gasteiger partial charge in [0.15, 0.2) is 5.15 Å². The minimum Gasteiger partial charge on any atom is -0.497 e. The molecule has 0 atom stereocenters. The molecule has 9 heteroatoms. The Kier molecular flexibility index (Phi) is 5.49. The summed E-state index contributed by atoms with van der Waals surface area (Å²) in [5.41, 5.74) is 2.36. The van der Waals surface area contributed by atoms with Crippen LogP contribution in [0.15, 0.2) is 30.6 Å². The highest BCUT2D eigenvalue weighted by Crippen LogP contribution is 2.32. The van der Waals surface area contributed by atoms with E-state index in [4.69, 9.17) is 32.7 Å². The number of anilines is 1. The summed E-state index contributed by atoms with van der Waals surface area (Å²) in [6.07, 6.45) is 3.42. The van der Waals surface area contributed by atoms with Crippen LogP contribution in [-0.4, -0.2) is 34.0 Å². The fraction of sp³-hybridized carbons (Fsp3) is 0.235. The molecule has 0 aliphatic heterocycles. The third-order valence-corrected chi connectivity index (χ3v) is 4.24. The van der Waals surface area contributed by atoms with Gasteiger partial charge < -0.3 is 14.8 Å². The Hall–Kier alpha value is -2.51. The van der Waals surface area contributed by atoms with Gasteiger partial charge >= 0.3 is 0 Å². The fourth-order valence-electron chi connectivity index (χ4n) is 2.51. The van der Waals surface area contributed by atoms with Gasteiger partial charge in [0, 0.05) is 48.7 Å². The highest BCUT2D eigenvalue weighted by Gasteiger charge is 2.15. The standard InChI is InChI=1S/C17H17Cl2N5O2/c1-24-9-13(15(18)23-24)12-8-21-17(19)22-16(12)20-7-10-4-5-11(25-2)6-14(10)26-3/h4-6,8-9H,7H2,1-3H3,(H,20,21,22). The third-order valence-electron chi connectivity index (χ3n) is 3.77. The van der Waals surface area contributed by atoms with E-state index in [2.05, 4.69) is 20.4 Å². The molecule has 1 N–H and O–H groups in total. The maximum Gasteiger partial charge on any atom is 0.224 e. The number of halogens is 2. The van der Waals surface area contributed by atoms with Crippen molar-refractivity contribution in [3.63, 3.8) is 0 Å². The Bertz CT molecular complexity index is 930. The molecule has 0 fully saturated rings. The Balaban J connectivity index is 1.91. The minimum atomic E-state index is 0.137. The zero-order chi connectivity index (χ0) is 18.7. The van der Waals surface area contributed by atoms with Crippen molar-refractivity contribution in [1.82, 2.24) is 19.7 Å². The van der Waals surface area contributed by atoms with E-state index >= 15 is 0 Å². The lowest BCUT2D eigenvalue weighted by Gasteiger charge is -2.13. The van der Waals surface area contributed by atoms with Gasteiger partial charge in [0.1, 0.15) is 17.3 Å². The Morgan fingerprint density at radius 1 is 1.15 bits per heavy atom. The largest absolute Gasteiger partial charge is 0.497 e. The van der Waals surface area contributed by atoms with E-state index in [1.54, 1.807) is 38.3 Å². The number of aromatic nitrogens is 4. The molecule has 26 heavy (non-hydrogen) atoms. The zero-order valence-corrected chi connectivity index (χ0v) is 16.0. The molecule has 0 aliphatic carbocycles. The first-order chi connectivity index (χ1) is 12.5. The van der Waals surface area contributed by atoms with Gasteiger partial charge in [0.2, 0.25) is 5.28 Å². The topological polar surface area (TPSA) is 74.1 Å². The van der Waals surface area contributed by atoms with Crippen LogP contribution in [0.2, 0.25) is 10.4 Å². The highest BCUT2D eigenvalue weighted by atomic mass is 35.5. The van der Waals surface area contributed by atoms with Crippen molar-refractivity contribution in [2.45, 2.75) is 6.54 Å². The van der Waals surface area contributed by atoms with E-state index < -0.39 is 0 Å². The number of methoxy groups -OCH3 is 2. The molecule has 136 valence electrons. The number of ether oxygens (including phenoxy) is 2. The molecule has 1 aromatic carbocycles. The van der Waals surface area contributed by atoms with Crippen molar-refractivity contribution in [3.05, 3.63) is 46.6 Å². The molecule has 0 spiro atoms. The van der Waals surface area contributed by atoms with E-state index in [0.29, 0.717) is 28.8 Å². The predicted octanol–water partition coefficient (Wildman–Crippen LogP) is 3.81. The van der Waals surface area contributed by atoms with Crippen LogP contribution >= 0.6 is 23.2 Å². The number of aryl methyl sites for hydroxylation is 1. The Morgan fingerprint density at radius 3 is 2.62 bits per heavy atom. The number of benzene rings is 1. The molecule has 0 saturated heterocycles. The van der Waals surface area contributed by atoms with Crippen LogP contribution in [0.25, 0.3) is 11.1 Å². The molecule has 2 aromatic heterocycles. The summed E-state index contributed by atoms with van der Waals surface area (Å²) < 4.78 is 12.3. The van der Waals surface area contributed by atoms with E-state index in [-0.39, 0.29) is 5.28 Å². The molecule has 0 radical (unpaired) electrons. The van der Waals surface area contributed by atoms with Crippen molar-refractivity contribution in [3.8, 4) is 22.6 Å². The second kappa shape index (κ2) is 7.80. The van der Waals surface area contributed by atoms with Gasteiger partial charge in [-0.3, -0.25) is 4.68 Å². The third kappa shape index (κ3) is 3.84. The first-order valence-electron chi connectivity index (χ1n) is 7.68. The first-order valence-corrected chi connectivity index (χ1v) is 8.44. The van der Waals surface area contributed by atoms with Crippen LogP contribution in [0.4, 0.5) is 5.82 Å². The van der Waals surface area contributed by atoms with Gasteiger partial charge in [0.05, 0.1) is 14.2 Å². The molecular weight excluding hydrogens is 377 g/mol. The van der Waals surface area contributed by atoms with Crippen molar-refractivity contribution in [2.75, 3.05) is 19.5 Å². The Morgan fingerprint density at radius 2 is 1.96 bits per heavy atom. The van der Waals surface area contributed by atoms with Crippen LogP contribution in [0, 0.1) is 0 Å². The second-order valence-electron chi connectivity index (χ2n) is 5.44. The molecule has 3 rings (SSSR count). The summed E-state index contributed by atoms with van der Waals surface area (Å²) in [4.78, 5) is 8.34. The fourth-order valence-corrected chi connectivity index (χ4v) is 2.91. The number of hydrogen-bond acceptors (Lipinski definition) is 6. The summed E-state index contributed by atoms with van der Waals surface area (Å²) in [6, 6.07) is 5.61. The first kappa shape index (κ1) is 18.3. The minimum absolute atomic E-state index is 0.137. The van der Waals surface area contributed by atoms with E-state index in [0.717, 1.165) is 16.9 Å². The summed E-state index contributed by atoms with van der Waals surface area (Å²) in [7, 11) is 5.02. The molecule has 2 heterocycles. The van der Waals surface area contributed by atoms with Gasteiger partial charge in [-0.1, -0.05) is 11.6 Å². The number of rotatable bonds is 6. The van der Waals surface area contributed by atoms with Crippen LogP contribution in [0.5, 0.6) is 11.5 Å². The van der Waals surface area contributed by atoms with Crippen molar-refractivity contribution in [2.24, 2.45) is 7.05 Å². The van der Waals surface area contributed by atoms with Gasteiger partial charge in [0.25, 0.3) is 0 Å². The SMILES string of the molecule is COc1ccc(CNc2nc(Cl)ncc2-c2cn(C)nc2Cl)c(OC)c1. The van der Waals surface area contributed by atoms with Crippen LogP contribution < -0.4 is 14.8 Å². The Labute approximate surface area is 160 Å². The van der Waals surface area contributed by atoms with Crippen LogP contribution in [-0.2, 0) is 13.6 Å². The molecule has 0 saturated carbocycles. The quantitative estimate of drug-likeness (QED) is 0.641. The van der Waals surface area contributed by atoms with Gasteiger partial charge in [-0.2, -0.15) is 5.10 Å². The molecule has 3 aromatic rings. The van der Waals surface area contributed by atoms with Gasteiger partial charge in [-0.25, -0.2) is 9.97 Å². The average Bonchev–Trinajstić information content (AvgIpc) is 2.97. The predicted molar refractivity (Wildman–Crippen MR) is 101 cm³/mol. The lowest BCUT2D eigenvalue weighted by atomic mass is 10.1. The summed E-state index contributed by atoms with van der Waals surface area (Å²) >= 11 is 12.2. The number of nitrogens with one attached hydrogen (secondary N) is 1. The lowest BCUT2D eigenvalue weighted by molar-refractivity contribution is 0.391. The van der Waals surface area contributed by atoms with E-state index in [1.165, 1.54) is 0 Å². The normalized spacial score (nSPS) is 10.7. The molecule has 0 unspecified atom stereocenters. The second-order valence-corrected chi connectivity index (χ2v) is 6.14. The summed E-state index contributed by atoms with van der Waals surface area (Å²) in [5, 5.41) is 7.91.